The summed E-state index contributed by atoms with van der Waals surface area (Å²) in [7, 11) is 2.92. The first kappa shape index (κ1) is 13.0. The fourth-order valence-corrected chi connectivity index (χ4v) is 1.84. The Morgan fingerprint density at radius 2 is 2.00 bits per heavy atom. The first-order valence-electron chi connectivity index (χ1n) is 5.67. The van der Waals surface area contributed by atoms with Gasteiger partial charge in [-0.15, -0.1) is 0 Å². The molecule has 1 aliphatic rings. The van der Waals surface area contributed by atoms with Gasteiger partial charge in [-0.05, 0) is 12.8 Å². The van der Waals surface area contributed by atoms with Crippen molar-refractivity contribution in [2.75, 3.05) is 27.2 Å². The third-order valence-corrected chi connectivity index (χ3v) is 2.92. The Bertz CT molecular complexity index is 250. The van der Waals surface area contributed by atoms with E-state index in [1.165, 1.54) is 24.9 Å². The van der Waals surface area contributed by atoms with Crippen LogP contribution in [0.3, 0.4) is 0 Å². The van der Waals surface area contributed by atoms with Gasteiger partial charge in [0.2, 0.25) is 5.91 Å². The van der Waals surface area contributed by atoms with Crippen molar-refractivity contribution in [1.29, 1.82) is 0 Å². The predicted molar refractivity (Wildman–Crippen MR) is 59.9 cm³/mol. The van der Waals surface area contributed by atoms with E-state index in [0.29, 0.717) is 12.6 Å². The van der Waals surface area contributed by atoms with Gasteiger partial charge >= 0.3 is 5.97 Å². The van der Waals surface area contributed by atoms with E-state index in [9.17, 15) is 9.59 Å². The number of carbonyl (C=O) groups is 2. The van der Waals surface area contributed by atoms with Crippen LogP contribution in [-0.2, 0) is 14.3 Å². The summed E-state index contributed by atoms with van der Waals surface area (Å²) < 4.78 is 4.50. The van der Waals surface area contributed by atoms with Crippen LogP contribution in [0.2, 0.25) is 0 Å². The van der Waals surface area contributed by atoms with Crippen LogP contribution in [-0.4, -0.2) is 50.1 Å². The van der Waals surface area contributed by atoms with Crippen LogP contribution >= 0.6 is 0 Å². The van der Waals surface area contributed by atoms with Gasteiger partial charge in [-0.25, -0.2) is 0 Å². The number of esters is 1. The number of ether oxygens (including phenoxy) is 1. The molecule has 0 bridgehead atoms. The first-order valence-corrected chi connectivity index (χ1v) is 5.67. The van der Waals surface area contributed by atoms with E-state index < -0.39 is 5.97 Å². The minimum atomic E-state index is -0.392. The van der Waals surface area contributed by atoms with Gasteiger partial charge in [-0.1, -0.05) is 12.8 Å². The monoisotopic (exact) mass is 228 g/mol. The molecule has 0 saturated heterocycles. The molecule has 0 radical (unpaired) electrons. The van der Waals surface area contributed by atoms with E-state index >= 15 is 0 Å². The zero-order valence-electron chi connectivity index (χ0n) is 9.99. The molecule has 1 rings (SSSR count). The quantitative estimate of drug-likeness (QED) is 0.680. The summed E-state index contributed by atoms with van der Waals surface area (Å²) in [5.41, 5.74) is 0. The van der Waals surface area contributed by atoms with Gasteiger partial charge in [0.05, 0.1) is 13.7 Å². The van der Waals surface area contributed by atoms with Crippen molar-refractivity contribution in [1.82, 2.24) is 10.2 Å². The highest BCUT2D eigenvalue weighted by atomic mass is 16.5. The van der Waals surface area contributed by atoms with Crippen molar-refractivity contribution in [3.63, 3.8) is 0 Å². The lowest BCUT2D eigenvalue weighted by Gasteiger charge is -2.17. The molecular formula is C11H20N2O3. The Hall–Kier alpha value is -1.10. The van der Waals surface area contributed by atoms with Crippen LogP contribution in [0.1, 0.15) is 25.7 Å². The highest BCUT2D eigenvalue weighted by Gasteiger charge is 2.17. The number of methoxy groups -OCH3 is 1. The second kappa shape index (κ2) is 6.48. The lowest BCUT2D eigenvalue weighted by molar-refractivity contribution is -0.145. The minimum absolute atomic E-state index is 0.0156. The maximum absolute atomic E-state index is 11.6. The fraction of sp³-hybridized carbons (Fsp3) is 0.818. The number of amides is 1. The maximum atomic E-state index is 11.6. The van der Waals surface area contributed by atoms with Crippen LogP contribution < -0.4 is 5.32 Å². The normalized spacial score (nSPS) is 16.1. The number of rotatable bonds is 5. The molecule has 0 aromatic rings. The van der Waals surface area contributed by atoms with E-state index in [1.807, 2.05) is 0 Å². The van der Waals surface area contributed by atoms with Gasteiger partial charge in [-0.2, -0.15) is 0 Å². The molecule has 5 nitrogen and oxygen atoms in total. The second-order valence-electron chi connectivity index (χ2n) is 4.19. The lowest BCUT2D eigenvalue weighted by atomic mass is 10.2. The van der Waals surface area contributed by atoms with Crippen molar-refractivity contribution < 1.29 is 14.3 Å². The third-order valence-electron chi connectivity index (χ3n) is 2.92. The zero-order chi connectivity index (χ0) is 12.0. The Labute approximate surface area is 96.1 Å². The van der Waals surface area contributed by atoms with E-state index in [-0.39, 0.29) is 12.5 Å². The van der Waals surface area contributed by atoms with Gasteiger partial charge in [0.1, 0.15) is 6.54 Å². The molecule has 92 valence electrons. The summed E-state index contributed by atoms with van der Waals surface area (Å²) in [5, 5.41) is 3.21. The summed E-state index contributed by atoms with van der Waals surface area (Å²) in [6.45, 7) is 0.319. The Morgan fingerprint density at radius 1 is 1.38 bits per heavy atom. The molecular weight excluding hydrogens is 208 g/mol. The third kappa shape index (κ3) is 4.18. The number of nitrogens with zero attached hydrogens (tertiary/aromatic N) is 1. The van der Waals surface area contributed by atoms with Crippen LogP contribution in [0.25, 0.3) is 0 Å². The molecule has 16 heavy (non-hydrogen) atoms. The molecule has 0 unspecified atom stereocenters. The van der Waals surface area contributed by atoms with Gasteiger partial charge in [0, 0.05) is 13.1 Å². The molecule has 0 aromatic carbocycles. The lowest BCUT2D eigenvalue weighted by Crippen LogP contribution is -2.41. The molecule has 1 fully saturated rings. The van der Waals surface area contributed by atoms with Gasteiger partial charge in [-0.3, -0.25) is 9.59 Å². The Balaban J connectivity index is 2.20. The van der Waals surface area contributed by atoms with Gasteiger partial charge in [0.15, 0.2) is 0 Å². The van der Waals surface area contributed by atoms with Crippen LogP contribution in [0.15, 0.2) is 0 Å². The fourth-order valence-electron chi connectivity index (χ4n) is 1.84. The molecule has 0 spiro atoms. The summed E-state index contributed by atoms with van der Waals surface area (Å²) in [5.74, 6) is -0.464. The van der Waals surface area contributed by atoms with E-state index in [4.69, 9.17) is 0 Å². The minimum Gasteiger partial charge on any atom is -0.468 e. The SMILES string of the molecule is COC(=O)CN(C)C(=O)CNC1CCCC1. The number of hydrogen-bond donors (Lipinski definition) is 1. The molecule has 1 N–H and O–H groups in total. The zero-order valence-corrected chi connectivity index (χ0v) is 9.99. The van der Waals surface area contributed by atoms with Gasteiger partial charge < -0.3 is 15.0 Å². The van der Waals surface area contributed by atoms with E-state index in [1.54, 1.807) is 7.05 Å². The smallest absolute Gasteiger partial charge is 0.325 e. The van der Waals surface area contributed by atoms with E-state index in [2.05, 4.69) is 10.1 Å². The highest BCUT2D eigenvalue weighted by Crippen LogP contribution is 2.17. The number of carbonyl (C=O) groups excluding carboxylic acids is 2. The van der Waals surface area contributed by atoms with Crippen molar-refractivity contribution in [3.05, 3.63) is 0 Å². The second-order valence-corrected chi connectivity index (χ2v) is 4.19. The average Bonchev–Trinajstić information content (AvgIpc) is 2.78. The largest absolute Gasteiger partial charge is 0.468 e. The summed E-state index contributed by atoms with van der Waals surface area (Å²) in [6.07, 6.45) is 4.77. The standard InChI is InChI=1S/C11H20N2O3/c1-13(8-11(15)16-2)10(14)7-12-9-5-3-4-6-9/h9,12H,3-8H2,1-2H3. The van der Waals surface area contributed by atoms with Crippen LogP contribution in [0.4, 0.5) is 0 Å². The molecule has 0 heterocycles. The first-order chi connectivity index (χ1) is 7.63. The number of nitrogens with one attached hydrogen (secondary N) is 1. The van der Waals surface area contributed by atoms with E-state index in [0.717, 1.165) is 12.8 Å². The van der Waals surface area contributed by atoms with Crippen LogP contribution in [0, 0.1) is 0 Å². The van der Waals surface area contributed by atoms with Crippen molar-refractivity contribution >= 4 is 11.9 Å². The number of hydrogen-bond acceptors (Lipinski definition) is 4. The molecule has 0 aliphatic heterocycles. The summed E-state index contributed by atoms with van der Waals surface area (Å²) in [4.78, 5) is 23.9. The van der Waals surface area contributed by atoms with Crippen LogP contribution in [0.5, 0.6) is 0 Å². The maximum Gasteiger partial charge on any atom is 0.325 e. The van der Waals surface area contributed by atoms with Crippen molar-refractivity contribution in [2.24, 2.45) is 0 Å². The molecule has 0 aromatic heterocycles. The highest BCUT2D eigenvalue weighted by molar-refractivity contribution is 5.83. The molecule has 1 saturated carbocycles. The molecule has 1 amide bonds. The Kier molecular flexibility index (Phi) is 5.25. The average molecular weight is 228 g/mol. The summed E-state index contributed by atoms with van der Waals surface area (Å²) >= 11 is 0. The summed E-state index contributed by atoms with van der Waals surface area (Å²) in [6, 6.07) is 0.468. The molecule has 5 heteroatoms. The number of likely N-dealkylation sites (N-methyl/N-ethyl adjacent to an activating group) is 1. The molecule has 0 atom stereocenters. The van der Waals surface area contributed by atoms with Gasteiger partial charge in [0.25, 0.3) is 0 Å². The topological polar surface area (TPSA) is 58.6 Å². The predicted octanol–water partition coefficient (Wildman–Crippen LogP) is 0.150. The van der Waals surface area contributed by atoms with Crippen molar-refractivity contribution in [3.8, 4) is 0 Å². The Morgan fingerprint density at radius 3 is 2.56 bits per heavy atom. The molecule has 1 aliphatic carbocycles. The van der Waals surface area contributed by atoms with Crippen molar-refractivity contribution in [2.45, 2.75) is 31.7 Å².